The minimum Gasteiger partial charge on any atom is -0.316 e. The van der Waals surface area contributed by atoms with Gasteiger partial charge in [0.15, 0.2) is 0 Å². The van der Waals surface area contributed by atoms with Gasteiger partial charge in [-0.2, -0.15) is 0 Å². The van der Waals surface area contributed by atoms with Crippen LogP contribution in [0.15, 0.2) is 30.3 Å². The zero-order chi connectivity index (χ0) is 17.3. The van der Waals surface area contributed by atoms with Crippen LogP contribution < -0.4 is 10.2 Å². The molecule has 1 aromatic rings. The van der Waals surface area contributed by atoms with E-state index in [9.17, 15) is 4.79 Å². The van der Waals surface area contributed by atoms with Crippen LogP contribution in [0.5, 0.6) is 0 Å². The highest BCUT2D eigenvalue weighted by Crippen LogP contribution is 2.28. The first-order valence-corrected chi connectivity index (χ1v) is 9.68. The number of hydrogen-bond acceptors (Lipinski definition) is 4. The molecule has 0 spiro atoms. The van der Waals surface area contributed by atoms with Gasteiger partial charge in [-0.15, -0.1) is 12.4 Å². The number of amides is 1. The topological polar surface area (TPSA) is 38.8 Å². The number of nitrogens with one attached hydrogen (secondary N) is 1. The Labute approximate surface area is 163 Å². The van der Waals surface area contributed by atoms with Gasteiger partial charge >= 0.3 is 0 Å². The Bertz CT molecular complexity index is 597. The molecule has 2 unspecified atom stereocenters. The molecule has 0 aromatic heterocycles. The van der Waals surface area contributed by atoms with E-state index in [0.29, 0.717) is 5.41 Å². The van der Waals surface area contributed by atoms with Gasteiger partial charge in [-0.1, -0.05) is 25.1 Å². The monoisotopic (exact) mass is 378 g/mol. The van der Waals surface area contributed by atoms with E-state index in [4.69, 9.17) is 0 Å². The summed E-state index contributed by atoms with van der Waals surface area (Å²) in [6.45, 7) is 10.9. The van der Waals surface area contributed by atoms with Crippen molar-refractivity contribution in [3.05, 3.63) is 30.3 Å². The smallest absolute Gasteiger partial charge is 0.244 e. The summed E-state index contributed by atoms with van der Waals surface area (Å²) in [6, 6.07) is 10.2. The van der Waals surface area contributed by atoms with Crippen LogP contribution in [0.3, 0.4) is 0 Å². The first kappa shape index (κ1) is 19.6. The lowest BCUT2D eigenvalue weighted by atomic mass is 9.89. The van der Waals surface area contributed by atoms with Crippen molar-refractivity contribution >= 4 is 24.0 Å². The zero-order valence-electron chi connectivity index (χ0n) is 15.7. The van der Waals surface area contributed by atoms with Crippen LogP contribution >= 0.6 is 12.4 Å². The highest BCUT2D eigenvalue weighted by atomic mass is 35.5. The van der Waals surface area contributed by atoms with Crippen LogP contribution in [-0.2, 0) is 4.79 Å². The highest BCUT2D eigenvalue weighted by Gasteiger charge is 2.38. The molecule has 3 aliphatic heterocycles. The number of para-hydroxylation sites is 1. The van der Waals surface area contributed by atoms with Gasteiger partial charge in [-0.05, 0) is 36.9 Å². The summed E-state index contributed by atoms with van der Waals surface area (Å²) >= 11 is 0. The second-order valence-electron chi connectivity index (χ2n) is 8.18. The molecule has 3 heterocycles. The molecule has 0 aliphatic carbocycles. The fourth-order valence-corrected chi connectivity index (χ4v) is 4.64. The molecule has 2 atom stereocenters. The first-order chi connectivity index (χ1) is 12.1. The van der Waals surface area contributed by atoms with E-state index in [-0.39, 0.29) is 24.4 Å². The Morgan fingerprint density at radius 2 is 1.85 bits per heavy atom. The number of nitrogens with zero attached hydrogens (tertiary/aromatic N) is 3. The van der Waals surface area contributed by atoms with Gasteiger partial charge in [0.2, 0.25) is 5.91 Å². The third-order valence-electron chi connectivity index (χ3n) is 6.16. The second kappa shape index (κ2) is 8.26. The molecule has 144 valence electrons. The molecule has 0 bridgehead atoms. The lowest BCUT2D eigenvalue weighted by molar-refractivity contribution is -0.122. The van der Waals surface area contributed by atoms with E-state index in [0.717, 1.165) is 57.9 Å². The van der Waals surface area contributed by atoms with Crippen LogP contribution in [-0.4, -0.2) is 74.1 Å². The Kier molecular flexibility index (Phi) is 6.23. The van der Waals surface area contributed by atoms with E-state index in [1.807, 2.05) is 35.2 Å². The maximum Gasteiger partial charge on any atom is 0.244 e. The van der Waals surface area contributed by atoms with Gasteiger partial charge in [0, 0.05) is 51.5 Å². The summed E-state index contributed by atoms with van der Waals surface area (Å²) in [6.07, 6.45) is 2.23. The van der Waals surface area contributed by atoms with Crippen molar-refractivity contribution in [2.24, 2.45) is 5.41 Å². The number of rotatable bonds is 4. The number of piperazine rings is 1. The van der Waals surface area contributed by atoms with Crippen molar-refractivity contribution in [3.8, 4) is 0 Å². The zero-order valence-corrected chi connectivity index (χ0v) is 16.5. The van der Waals surface area contributed by atoms with Gasteiger partial charge in [0.1, 0.15) is 0 Å². The Morgan fingerprint density at radius 1 is 1.12 bits per heavy atom. The number of carbonyl (C=O) groups is 1. The highest BCUT2D eigenvalue weighted by molar-refractivity contribution is 5.99. The quantitative estimate of drug-likeness (QED) is 0.867. The molecule has 5 nitrogen and oxygen atoms in total. The number of benzene rings is 1. The van der Waals surface area contributed by atoms with Crippen molar-refractivity contribution in [2.75, 3.05) is 57.3 Å². The molecule has 1 amide bonds. The molecule has 3 saturated heterocycles. The Hall–Kier alpha value is -1.14. The van der Waals surface area contributed by atoms with E-state index in [1.165, 1.54) is 13.0 Å². The molecule has 0 saturated carbocycles. The summed E-state index contributed by atoms with van der Waals surface area (Å²) in [5, 5.41) is 3.49. The number of halogens is 1. The lowest BCUT2D eigenvalue weighted by Crippen LogP contribution is -2.54. The van der Waals surface area contributed by atoms with E-state index >= 15 is 0 Å². The predicted octanol–water partition coefficient (Wildman–Crippen LogP) is 1.83. The Balaban J connectivity index is 0.00000196. The molecule has 3 aliphatic rings. The predicted molar refractivity (Wildman–Crippen MR) is 108 cm³/mol. The maximum atomic E-state index is 12.9. The molecule has 4 rings (SSSR count). The van der Waals surface area contributed by atoms with E-state index in [1.54, 1.807) is 0 Å². The minimum absolute atomic E-state index is 0. The fourth-order valence-electron chi connectivity index (χ4n) is 4.64. The maximum absolute atomic E-state index is 12.9. The molecule has 1 N–H and O–H groups in total. The van der Waals surface area contributed by atoms with Crippen molar-refractivity contribution in [2.45, 2.75) is 25.8 Å². The average molecular weight is 379 g/mol. The summed E-state index contributed by atoms with van der Waals surface area (Å²) in [7, 11) is 0. The second-order valence-corrected chi connectivity index (χ2v) is 8.18. The fraction of sp³-hybridized carbons (Fsp3) is 0.650. The summed E-state index contributed by atoms with van der Waals surface area (Å²) < 4.78 is 0. The van der Waals surface area contributed by atoms with Crippen LogP contribution in [0.1, 0.15) is 19.8 Å². The summed E-state index contributed by atoms with van der Waals surface area (Å²) in [5.41, 5.74) is 1.46. The first-order valence-electron chi connectivity index (χ1n) is 9.68. The van der Waals surface area contributed by atoms with Crippen molar-refractivity contribution in [1.29, 1.82) is 0 Å². The van der Waals surface area contributed by atoms with Crippen LogP contribution in [0, 0.1) is 5.41 Å². The summed E-state index contributed by atoms with van der Waals surface area (Å²) in [4.78, 5) is 19.8. The minimum atomic E-state index is 0. The number of anilines is 1. The average Bonchev–Trinajstić information content (AvgIpc) is 3.23. The standard InChI is InChI=1S/C20H30N4O.ClH/c1-20(8-9-21-15-20)16-22-11-13-23(14-12-22)18-7-10-24(19(18)25)17-5-3-2-4-6-17;/h2-6,18,21H,7-16H2,1H3;1H. The van der Waals surface area contributed by atoms with Crippen LogP contribution in [0.4, 0.5) is 5.69 Å². The van der Waals surface area contributed by atoms with Crippen LogP contribution in [0.25, 0.3) is 0 Å². The van der Waals surface area contributed by atoms with E-state index < -0.39 is 0 Å². The van der Waals surface area contributed by atoms with Gasteiger partial charge in [-0.25, -0.2) is 0 Å². The van der Waals surface area contributed by atoms with Gasteiger partial charge in [-0.3, -0.25) is 9.69 Å². The van der Waals surface area contributed by atoms with Gasteiger partial charge < -0.3 is 15.1 Å². The number of hydrogen-bond donors (Lipinski definition) is 1. The van der Waals surface area contributed by atoms with Crippen molar-refractivity contribution in [1.82, 2.24) is 15.1 Å². The number of carbonyl (C=O) groups excluding carboxylic acids is 1. The largest absolute Gasteiger partial charge is 0.316 e. The molecule has 1 aromatic carbocycles. The normalized spacial score (nSPS) is 30.6. The molecule has 6 heteroatoms. The molecular weight excluding hydrogens is 348 g/mol. The lowest BCUT2D eigenvalue weighted by Gasteiger charge is -2.40. The van der Waals surface area contributed by atoms with E-state index in [2.05, 4.69) is 22.0 Å². The van der Waals surface area contributed by atoms with Crippen molar-refractivity contribution in [3.63, 3.8) is 0 Å². The third kappa shape index (κ3) is 4.06. The third-order valence-corrected chi connectivity index (χ3v) is 6.16. The molecule has 26 heavy (non-hydrogen) atoms. The van der Waals surface area contributed by atoms with Crippen molar-refractivity contribution < 1.29 is 4.79 Å². The molecule has 0 radical (unpaired) electrons. The molecular formula is C20H31ClN4O. The SMILES string of the molecule is CC1(CN2CCN(C3CCN(c4ccccc4)C3=O)CC2)CCNC1.Cl. The van der Waals surface area contributed by atoms with Crippen LogP contribution in [0.2, 0.25) is 0 Å². The Morgan fingerprint density at radius 3 is 2.50 bits per heavy atom. The summed E-state index contributed by atoms with van der Waals surface area (Å²) in [5.74, 6) is 0.284. The van der Waals surface area contributed by atoms with Gasteiger partial charge in [0.05, 0.1) is 6.04 Å². The van der Waals surface area contributed by atoms with Gasteiger partial charge in [0.25, 0.3) is 0 Å². The molecule has 3 fully saturated rings.